The number of piperazine rings is 1. The van der Waals surface area contributed by atoms with Gasteiger partial charge in [0.05, 0.1) is 24.4 Å². The molecule has 2 N–H and O–H groups in total. The van der Waals surface area contributed by atoms with Gasteiger partial charge in [0, 0.05) is 44.5 Å². The van der Waals surface area contributed by atoms with Crippen LogP contribution in [0.15, 0.2) is 36.7 Å². The van der Waals surface area contributed by atoms with E-state index in [9.17, 15) is 13.9 Å². The molecule has 0 saturated carbocycles. The lowest BCUT2D eigenvalue weighted by Gasteiger charge is -2.33. The number of aliphatic hydroxyl groups is 1. The number of rotatable bonds is 8. The fraction of sp³-hybridized carbons (Fsp3) is 0.407. The molecular weight excluding hydrogens is 490 g/mol. The second kappa shape index (κ2) is 11.1. The molecule has 0 bridgehead atoms. The molecule has 4 heterocycles. The van der Waals surface area contributed by atoms with Crippen LogP contribution in [0.1, 0.15) is 31.3 Å². The van der Waals surface area contributed by atoms with Crippen LogP contribution in [0.2, 0.25) is 0 Å². The molecule has 1 fully saturated rings. The summed E-state index contributed by atoms with van der Waals surface area (Å²) < 4.78 is 31.5. The second-order valence-electron chi connectivity index (χ2n) is 9.66. The Morgan fingerprint density at radius 2 is 1.76 bits per heavy atom. The zero-order valence-electron chi connectivity index (χ0n) is 21.8. The lowest BCUT2D eigenvalue weighted by atomic mass is 10.1. The maximum Gasteiger partial charge on any atom is 0.229 e. The zero-order chi connectivity index (χ0) is 26.8. The molecule has 11 heteroatoms. The van der Waals surface area contributed by atoms with E-state index in [0.29, 0.717) is 17.2 Å². The summed E-state index contributed by atoms with van der Waals surface area (Å²) >= 11 is 0. The highest BCUT2D eigenvalue weighted by atomic mass is 19.1. The molecule has 1 saturated heterocycles. The zero-order valence-corrected chi connectivity index (χ0v) is 21.8. The summed E-state index contributed by atoms with van der Waals surface area (Å²) in [5.74, 6) is -0.0505. The van der Waals surface area contributed by atoms with E-state index in [1.807, 2.05) is 18.3 Å². The molecule has 0 radical (unpaired) electrons. The highest BCUT2D eigenvalue weighted by Crippen LogP contribution is 2.30. The number of anilines is 2. The predicted molar refractivity (Wildman–Crippen MR) is 142 cm³/mol. The third-order valence-corrected chi connectivity index (χ3v) is 7.03. The molecule has 5 rings (SSSR count). The number of pyridine rings is 1. The first-order valence-electron chi connectivity index (χ1n) is 12.8. The Balaban J connectivity index is 1.35. The third kappa shape index (κ3) is 5.35. The van der Waals surface area contributed by atoms with Crippen LogP contribution < -0.4 is 5.32 Å². The number of hydrogen-bond acceptors (Lipinski definition) is 8. The van der Waals surface area contributed by atoms with Crippen molar-refractivity contribution in [2.75, 3.05) is 44.6 Å². The van der Waals surface area contributed by atoms with E-state index in [1.54, 1.807) is 24.5 Å². The SMILES string of the molecule is CCN1CCN(Cc2ccc(Nc3ncc(F)c(-c4cc(F)c5nc(C)n(C(C)CO)c5c4)n3)nc2)CC1. The summed E-state index contributed by atoms with van der Waals surface area (Å²) in [6.07, 6.45) is 2.87. The van der Waals surface area contributed by atoms with E-state index in [4.69, 9.17) is 0 Å². The number of fused-ring (bicyclic) bond motifs is 1. The van der Waals surface area contributed by atoms with E-state index in [2.05, 4.69) is 42.0 Å². The number of aryl methyl sites for hydroxylation is 1. The molecule has 0 aliphatic carbocycles. The normalized spacial score (nSPS) is 15.7. The molecule has 0 spiro atoms. The van der Waals surface area contributed by atoms with Crippen molar-refractivity contribution >= 4 is 22.8 Å². The number of halogens is 2. The fourth-order valence-electron chi connectivity index (χ4n) is 4.90. The molecule has 1 aliphatic heterocycles. The predicted octanol–water partition coefficient (Wildman–Crippen LogP) is 3.91. The Bertz CT molecular complexity index is 1420. The minimum Gasteiger partial charge on any atom is -0.394 e. The first-order valence-corrected chi connectivity index (χ1v) is 12.8. The lowest BCUT2D eigenvalue weighted by molar-refractivity contribution is 0.132. The van der Waals surface area contributed by atoms with Gasteiger partial charge in [-0.3, -0.25) is 4.90 Å². The van der Waals surface area contributed by atoms with E-state index in [0.717, 1.165) is 51.0 Å². The molecule has 1 atom stereocenters. The van der Waals surface area contributed by atoms with E-state index >= 15 is 0 Å². The molecule has 0 amide bonds. The van der Waals surface area contributed by atoms with Crippen LogP contribution in [0.4, 0.5) is 20.5 Å². The van der Waals surface area contributed by atoms with Gasteiger partial charge in [-0.25, -0.2) is 28.7 Å². The van der Waals surface area contributed by atoms with Crippen LogP contribution in [0.3, 0.4) is 0 Å². The van der Waals surface area contributed by atoms with Crippen LogP contribution in [-0.2, 0) is 6.54 Å². The van der Waals surface area contributed by atoms with Crippen molar-refractivity contribution in [2.24, 2.45) is 0 Å². The Morgan fingerprint density at radius 3 is 2.45 bits per heavy atom. The van der Waals surface area contributed by atoms with Crippen molar-refractivity contribution in [3.05, 3.63) is 59.7 Å². The van der Waals surface area contributed by atoms with Crippen molar-refractivity contribution in [3.63, 3.8) is 0 Å². The fourth-order valence-corrected chi connectivity index (χ4v) is 4.90. The topological polar surface area (TPSA) is 95.2 Å². The van der Waals surface area contributed by atoms with E-state index in [-0.39, 0.29) is 35.4 Å². The number of hydrogen-bond donors (Lipinski definition) is 2. The monoisotopic (exact) mass is 522 g/mol. The summed E-state index contributed by atoms with van der Waals surface area (Å²) in [6.45, 7) is 11.7. The van der Waals surface area contributed by atoms with Crippen LogP contribution in [0, 0.1) is 18.6 Å². The lowest BCUT2D eigenvalue weighted by Crippen LogP contribution is -2.45. The molecular formula is C27H32F2N8O. The minimum absolute atomic E-state index is 0.0480. The number of nitrogens with one attached hydrogen (secondary N) is 1. The Kier molecular flexibility index (Phi) is 7.59. The van der Waals surface area contributed by atoms with Gasteiger partial charge in [-0.2, -0.15) is 0 Å². The number of imidazole rings is 1. The number of aliphatic hydroxyl groups excluding tert-OH is 1. The van der Waals surface area contributed by atoms with Crippen molar-refractivity contribution in [1.29, 1.82) is 0 Å². The number of aromatic nitrogens is 5. The van der Waals surface area contributed by atoms with Crippen LogP contribution in [0.5, 0.6) is 0 Å². The van der Waals surface area contributed by atoms with Gasteiger partial charge in [-0.1, -0.05) is 13.0 Å². The molecule has 1 unspecified atom stereocenters. The first kappa shape index (κ1) is 26.1. The highest BCUT2D eigenvalue weighted by molar-refractivity contribution is 5.83. The molecule has 3 aromatic heterocycles. The van der Waals surface area contributed by atoms with Crippen LogP contribution >= 0.6 is 0 Å². The van der Waals surface area contributed by atoms with Crippen molar-refractivity contribution in [2.45, 2.75) is 33.4 Å². The van der Waals surface area contributed by atoms with Gasteiger partial charge < -0.3 is 19.9 Å². The van der Waals surface area contributed by atoms with Crippen molar-refractivity contribution in [3.8, 4) is 11.3 Å². The average molecular weight is 523 g/mol. The molecule has 1 aliphatic rings. The maximum absolute atomic E-state index is 15.0. The standard InChI is InChI=1S/C27H32F2N8O/c1-4-35-7-9-36(10-8-35)15-19-5-6-24(30-13-19)33-27-31-14-22(29)25(34-27)20-11-21(28)26-23(12-20)37(17(2)16-38)18(3)32-26/h5-6,11-14,17,38H,4,7-10,15-16H2,1-3H3,(H,30,31,33,34). The number of likely N-dealkylation sites (N-methyl/N-ethyl adjacent to an activating group) is 1. The van der Waals surface area contributed by atoms with E-state index in [1.165, 1.54) is 6.07 Å². The molecule has 9 nitrogen and oxygen atoms in total. The van der Waals surface area contributed by atoms with E-state index < -0.39 is 11.6 Å². The first-order chi connectivity index (χ1) is 18.4. The van der Waals surface area contributed by atoms with Crippen molar-refractivity contribution in [1.82, 2.24) is 34.3 Å². The van der Waals surface area contributed by atoms with Gasteiger partial charge in [0.25, 0.3) is 0 Å². The van der Waals surface area contributed by atoms with Gasteiger partial charge in [0.1, 0.15) is 22.9 Å². The quantitative estimate of drug-likeness (QED) is 0.360. The van der Waals surface area contributed by atoms with Crippen LogP contribution in [-0.4, -0.2) is 78.7 Å². The Morgan fingerprint density at radius 1 is 1.00 bits per heavy atom. The maximum atomic E-state index is 15.0. The summed E-state index contributed by atoms with van der Waals surface area (Å²) in [4.78, 5) is 22.0. The Labute approximate surface area is 220 Å². The van der Waals surface area contributed by atoms with Gasteiger partial charge in [0.2, 0.25) is 5.95 Å². The minimum atomic E-state index is -0.682. The smallest absolute Gasteiger partial charge is 0.229 e. The summed E-state index contributed by atoms with van der Waals surface area (Å²) in [7, 11) is 0. The second-order valence-corrected chi connectivity index (χ2v) is 9.66. The average Bonchev–Trinajstić information content (AvgIpc) is 3.27. The molecule has 4 aromatic rings. The highest BCUT2D eigenvalue weighted by Gasteiger charge is 2.20. The van der Waals surface area contributed by atoms with Gasteiger partial charge in [0.15, 0.2) is 11.6 Å². The summed E-state index contributed by atoms with van der Waals surface area (Å²) in [5, 5.41) is 12.7. The Hall–Kier alpha value is -3.54. The van der Waals surface area contributed by atoms with Crippen LogP contribution in [0.25, 0.3) is 22.3 Å². The van der Waals surface area contributed by atoms with Crippen molar-refractivity contribution < 1.29 is 13.9 Å². The largest absolute Gasteiger partial charge is 0.394 e. The molecule has 38 heavy (non-hydrogen) atoms. The van der Waals surface area contributed by atoms with Gasteiger partial charge >= 0.3 is 0 Å². The summed E-state index contributed by atoms with van der Waals surface area (Å²) in [6, 6.07) is 6.37. The molecule has 200 valence electrons. The number of benzene rings is 1. The summed E-state index contributed by atoms with van der Waals surface area (Å²) in [5.41, 5.74) is 1.92. The molecule has 1 aromatic carbocycles. The third-order valence-electron chi connectivity index (χ3n) is 7.03. The van der Waals surface area contributed by atoms with Gasteiger partial charge in [-0.05, 0) is 44.2 Å². The van der Waals surface area contributed by atoms with Gasteiger partial charge in [-0.15, -0.1) is 0 Å². The number of nitrogens with zero attached hydrogens (tertiary/aromatic N) is 7.